The van der Waals surface area contributed by atoms with Crippen molar-refractivity contribution >= 4 is 28.6 Å². The summed E-state index contributed by atoms with van der Waals surface area (Å²) in [6.07, 6.45) is 0. The van der Waals surface area contributed by atoms with E-state index in [1.54, 1.807) is 11.3 Å². The Morgan fingerprint density at radius 2 is 1.74 bits per heavy atom. The van der Waals surface area contributed by atoms with Gasteiger partial charge < -0.3 is 24.0 Å². The van der Waals surface area contributed by atoms with Crippen molar-refractivity contribution in [2.24, 2.45) is 0 Å². The molecule has 0 radical (unpaired) electrons. The highest BCUT2D eigenvalue weighted by molar-refractivity contribution is 7.09. The van der Waals surface area contributed by atoms with Gasteiger partial charge in [-0.25, -0.2) is 0 Å². The zero-order valence-corrected chi connectivity index (χ0v) is 20.8. The largest absolute Gasteiger partial charge is 0.486 e. The van der Waals surface area contributed by atoms with Crippen molar-refractivity contribution in [3.05, 3.63) is 70.4 Å². The van der Waals surface area contributed by atoms with Crippen LogP contribution in [0, 0.1) is 0 Å². The molecule has 0 spiro atoms. The maximum atomic E-state index is 13.6. The van der Waals surface area contributed by atoms with Gasteiger partial charge in [0.1, 0.15) is 13.2 Å². The van der Waals surface area contributed by atoms with Crippen LogP contribution in [0.2, 0.25) is 0 Å². The Labute approximate surface area is 210 Å². The predicted octanol–water partition coefficient (Wildman–Crippen LogP) is 4.02. The van der Waals surface area contributed by atoms with E-state index in [1.165, 1.54) is 11.3 Å². The molecule has 3 aromatic rings. The fourth-order valence-corrected chi connectivity index (χ4v) is 5.19. The van der Waals surface area contributed by atoms with Crippen LogP contribution in [-0.2, 0) is 22.6 Å². The topological polar surface area (TPSA) is 54.5 Å². The molecule has 1 fully saturated rings. The molecular weight excluding hydrogens is 462 g/mol. The molecule has 0 bridgehead atoms. The molecule has 1 saturated heterocycles. The van der Waals surface area contributed by atoms with E-state index in [9.17, 15) is 4.79 Å². The number of morpholine rings is 1. The third-order valence-corrected chi connectivity index (χ3v) is 7.08. The summed E-state index contributed by atoms with van der Waals surface area (Å²) >= 11 is 1.65. The van der Waals surface area contributed by atoms with E-state index in [0.29, 0.717) is 38.6 Å². The molecule has 1 amide bonds. The number of ether oxygens (including phenoxy) is 3. The van der Waals surface area contributed by atoms with Gasteiger partial charge in [-0.3, -0.25) is 9.69 Å². The molecule has 0 N–H and O–H groups in total. The molecule has 35 heavy (non-hydrogen) atoms. The Balaban J connectivity index is 1.32. The number of nitrogens with zero attached hydrogens (tertiary/aromatic N) is 3. The lowest BCUT2D eigenvalue weighted by molar-refractivity contribution is -0.119. The maximum absolute atomic E-state index is 13.6. The quantitative estimate of drug-likeness (QED) is 0.473. The SMILES string of the molecule is CN(CC(=O)N(Cc1cccs1)c1ccc2c(c1)OCCO2)Cc1ccccc1N1CCOCC1. The smallest absolute Gasteiger partial charge is 0.241 e. The van der Waals surface area contributed by atoms with Crippen LogP contribution in [-0.4, -0.2) is 63.9 Å². The van der Waals surface area contributed by atoms with Crippen LogP contribution in [0.4, 0.5) is 11.4 Å². The molecule has 2 aliphatic rings. The van der Waals surface area contributed by atoms with Gasteiger partial charge in [0, 0.05) is 42.0 Å². The minimum atomic E-state index is 0.0430. The molecule has 7 nitrogen and oxygen atoms in total. The number of hydrogen-bond acceptors (Lipinski definition) is 7. The maximum Gasteiger partial charge on any atom is 0.241 e. The van der Waals surface area contributed by atoms with Crippen molar-refractivity contribution < 1.29 is 19.0 Å². The second-order valence-corrected chi connectivity index (χ2v) is 9.82. The summed E-state index contributed by atoms with van der Waals surface area (Å²) in [5.74, 6) is 1.45. The van der Waals surface area contributed by atoms with Crippen molar-refractivity contribution in [1.82, 2.24) is 4.90 Å². The molecule has 0 unspecified atom stereocenters. The highest BCUT2D eigenvalue weighted by Crippen LogP contribution is 2.35. The van der Waals surface area contributed by atoms with E-state index < -0.39 is 0 Å². The first-order valence-electron chi connectivity index (χ1n) is 12.0. The van der Waals surface area contributed by atoms with Gasteiger partial charge in [0.05, 0.1) is 26.3 Å². The molecule has 5 rings (SSSR count). The molecule has 1 aromatic heterocycles. The molecular formula is C27H31N3O4S. The summed E-state index contributed by atoms with van der Waals surface area (Å²) in [7, 11) is 2.00. The normalized spacial score (nSPS) is 15.3. The summed E-state index contributed by atoms with van der Waals surface area (Å²) in [4.78, 5) is 21.0. The summed E-state index contributed by atoms with van der Waals surface area (Å²) in [6, 6.07) is 18.3. The second kappa shape index (κ2) is 11.1. The van der Waals surface area contributed by atoms with Gasteiger partial charge in [-0.05, 0) is 42.3 Å². The van der Waals surface area contributed by atoms with E-state index in [1.807, 2.05) is 41.6 Å². The Morgan fingerprint density at radius 3 is 2.54 bits per heavy atom. The van der Waals surface area contributed by atoms with Crippen molar-refractivity contribution in [3.63, 3.8) is 0 Å². The average molecular weight is 494 g/mol. The first-order chi connectivity index (χ1) is 17.2. The van der Waals surface area contributed by atoms with Crippen LogP contribution in [0.5, 0.6) is 11.5 Å². The van der Waals surface area contributed by atoms with Crippen LogP contribution in [0.15, 0.2) is 60.0 Å². The third-order valence-electron chi connectivity index (χ3n) is 6.22. The number of hydrogen-bond donors (Lipinski definition) is 0. The number of amides is 1. The zero-order chi connectivity index (χ0) is 24.0. The monoisotopic (exact) mass is 493 g/mol. The summed E-state index contributed by atoms with van der Waals surface area (Å²) in [5, 5.41) is 2.04. The molecule has 3 heterocycles. The van der Waals surface area contributed by atoms with Crippen LogP contribution < -0.4 is 19.3 Å². The minimum Gasteiger partial charge on any atom is -0.486 e. The van der Waals surface area contributed by atoms with E-state index >= 15 is 0 Å². The highest BCUT2D eigenvalue weighted by Gasteiger charge is 2.22. The van der Waals surface area contributed by atoms with Crippen LogP contribution in [0.1, 0.15) is 10.4 Å². The van der Waals surface area contributed by atoms with E-state index in [-0.39, 0.29) is 5.91 Å². The number of benzene rings is 2. The molecule has 8 heteroatoms. The summed E-state index contributed by atoms with van der Waals surface area (Å²) < 4.78 is 17.0. The number of anilines is 2. The van der Waals surface area contributed by atoms with Gasteiger partial charge in [0.2, 0.25) is 5.91 Å². The van der Waals surface area contributed by atoms with Gasteiger partial charge in [0.15, 0.2) is 11.5 Å². The number of carbonyl (C=O) groups excluding carboxylic acids is 1. The number of likely N-dealkylation sites (N-methyl/N-ethyl adjacent to an activating group) is 1. The third kappa shape index (κ3) is 5.78. The van der Waals surface area contributed by atoms with Crippen molar-refractivity contribution in [2.45, 2.75) is 13.1 Å². The number of fused-ring (bicyclic) bond motifs is 1. The van der Waals surface area contributed by atoms with Gasteiger partial charge in [-0.15, -0.1) is 11.3 Å². The first kappa shape index (κ1) is 23.7. The molecule has 0 aliphatic carbocycles. The molecule has 0 saturated carbocycles. The summed E-state index contributed by atoms with van der Waals surface area (Å²) in [5.41, 5.74) is 3.25. The predicted molar refractivity (Wildman–Crippen MR) is 139 cm³/mol. The van der Waals surface area contributed by atoms with E-state index in [4.69, 9.17) is 14.2 Å². The minimum absolute atomic E-state index is 0.0430. The van der Waals surface area contributed by atoms with E-state index in [2.05, 4.69) is 40.1 Å². The Hall–Kier alpha value is -3.07. The van der Waals surface area contributed by atoms with E-state index in [0.717, 1.165) is 42.6 Å². The first-order valence-corrected chi connectivity index (χ1v) is 12.9. The van der Waals surface area contributed by atoms with Crippen LogP contribution >= 0.6 is 11.3 Å². The fourth-order valence-electron chi connectivity index (χ4n) is 4.50. The van der Waals surface area contributed by atoms with Crippen molar-refractivity contribution in [1.29, 1.82) is 0 Å². The van der Waals surface area contributed by atoms with Gasteiger partial charge >= 0.3 is 0 Å². The molecule has 0 atom stereocenters. The standard InChI is InChI=1S/C27H31N3O4S/c1-28(18-21-5-2-3-7-24(21)29-10-12-32-13-11-29)20-27(31)30(19-23-6-4-16-35-23)22-8-9-25-26(17-22)34-15-14-33-25/h2-9,16-17H,10-15,18-20H2,1H3. The Bertz CT molecular complexity index is 1130. The lowest BCUT2D eigenvalue weighted by Crippen LogP contribution is -2.39. The van der Waals surface area contributed by atoms with Crippen LogP contribution in [0.3, 0.4) is 0 Å². The Morgan fingerprint density at radius 1 is 0.943 bits per heavy atom. The lowest BCUT2D eigenvalue weighted by atomic mass is 10.1. The lowest BCUT2D eigenvalue weighted by Gasteiger charge is -2.32. The van der Waals surface area contributed by atoms with Crippen molar-refractivity contribution in [2.75, 3.05) is 62.9 Å². The zero-order valence-electron chi connectivity index (χ0n) is 20.0. The van der Waals surface area contributed by atoms with Gasteiger partial charge in [-0.1, -0.05) is 24.3 Å². The number of rotatable bonds is 8. The van der Waals surface area contributed by atoms with Gasteiger partial charge in [-0.2, -0.15) is 0 Å². The molecule has 2 aliphatic heterocycles. The number of para-hydroxylation sites is 1. The van der Waals surface area contributed by atoms with Crippen LogP contribution in [0.25, 0.3) is 0 Å². The van der Waals surface area contributed by atoms with Gasteiger partial charge in [0.25, 0.3) is 0 Å². The number of carbonyl (C=O) groups is 1. The Kier molecular flexibility index (Phi) is 7.51. The number of thiophene rings is 1. The fraction of sp³-hybridized carbons (Fsp3) is 0.370. The van der Waals surface area contributed by atoms with Crippen molar-refractivity contribution in [3.8, 4) is 11.5 Å². The molecule has 184 valence electrons. The second-order valence-electron chi connectivity index (χ2n) is 8.79. The summed E-state index contributed by atoms with van der Waals surface area (Å²) in [6.45, 7) is 5.84. The highest BCUT2D eigenvalue weighted by atomic mass is 32.1. The average Bonchev–Trinajstić information content (AvgIpc) is 3.41. The molecule has 2 aromatic carbocycles.